The first-order valence-electron chi connectivity index (χ1n) is 9.91. The lowest BCUT2D eigenvalue weighted by atomic mass is 9.97. The molecule has 33 heavy (non-hydrogen) atoms. The van der Waals surface area contributed by atoms with Crippen LogP contribution in [0.1, 0.15) is 28.0 Å². The van der Waals surface area contributed by atoms with E-state index in [4.69, 9.17) is 17.3 Å². The van der Waals surface area contributed by atoms with Crippen LogP contribution in [-0.4, -0.2) is 34.1 Å². The maximum absolute atomic E-state index is 14.9. The number of nitrogens with two attached hydrogens (primary N) is 1. The normalized spacial score (nSPS) is 16.4. The zero-order valence-corrected chi connectivity index (χ0v) is 18.1. The van der Waals surface area contributed by atoms with Gasteiger partial charge in [-0.2, -0.15) is 5.10 Å². The van der Waals surface area contributed by atoms with Crippen LogP contribution in [0.3, 0.4) is 0 Å². The molecule has 1 aliphatic heterocycles. The van der Waals surface area contributed by atoms with Crippen LogP contribution in [-0.2, 0) is 4.79 Å². The van der Waals surface area contributed by atoms with Crippen molar-refractivity contribution in [2.45, 2.75) is 19.3 Å². The van der Waals surface area contributed by atoms with Gasteiger partial charge in [-0.1, -0.05) is 29.8 Å². The molecule has 0 saturated heterocycles. The highest BCUT2D eigenvalue weighted by Gasteiger charge is 2.41. The quantitative estimate of drug-likeness (QED) is 0.566. The van der Waals surface area contributed by atoms with Gasteiger partial charge >= 0.3 is 0 Å². The molecule has 1 aliphatic rings. The summed E-state index contributed by atoms with van der Waals surface area (Å²) in [5.74, 6) is -5.97. The molecule has 1 aromatic heterocycles. The van der Waals surface area contributed by atoms with Crippen molar-refractivity contribution in [3.05, 3.63) is 82.4 Å². The molecule has 0 radical (unpaired) electrons. The number of hydrogen-bond donors (Lipinski definition) is 1. The van der Waals surface area contributed by atoms with E-state index >= 15 is 0 Å². The molecule has 0 bridgehead atoms. The lowest BCUT2D eigenvalue weighted by Crippen LogP contribution is -2.33. The Morgan fingerprint density at radius 3 is 2.58 bits per heavy atom. The molecule has 10 heteroatoms. The number of allylic oxidation sites excluding steroid dienone is 1. The number of fused-ring (bicyclic) bond motifs is 1. The first-order valence-corrected chi connectivity index (χ1v) is 10.3. The van der Waals surface area contributed by atoms with E-state index < -0.39 is 42.1 Å². The molecule has 0 atom stereocenters. The first-order chi connectivity index (χ1) is 15.6. The van der Waals surface area contributed by atoms with Crippen LogP contribution in [0.5, 0.6) is 0 Å². The van der Waals surface area contributed by atoms with E-state index in [1.165, 1.54) is 28.9 Å². The molecule has 2 heterocycles. The van der Waals surface area contributed by atoms with Crippen LogP contribution in [0.2, 0.25) is 5.02 Å². The molecule has 0 unspecified atom stereocenters. The summed E-state index contributed by atoms with van der Waals surface area (Å²) in [6.45, 7) is 1.35. The second kappa shape index (κ2) is 8.40. The Kier molecular flexibility index (Phi) is 5.75. The first kappa shape index (κ1) is 22.6. The predicted molar refractivity (Wildman–Crippen MR) is 118 cm³/mol. The van der Waals surface area contributed by atoms with Crippen molar-refractivity contribution in [2.24, 2.45) is 5.73 Å². The van der Waals surface area contributed by atoms with Crippen LogP contribution in [0.4, 0.5) is 18.9 Å². The molecule has 0 spiro atoms. The molecular weight excluding hydrogens is 457 g/mol. The number of hydrogen-bond acceptors (Lipinski definition) is 3. The van der Waals surface area contributed by atoms with Gasteiger partial charge in [0.05, 0.1) is 22.0 Å². The van der Waals surface area contributed by atoms with Crippen LogP contribution >= 0.6 is 11.6 Å². The number of alkyl halides is 2. The summed E-state index contributed by atoms with van der Waals surface area (Å²) in [5.41, 5.74) is 5.18. The van der Waals surface area contributed by atoms with Crippen molar-refractivity contribution in [3.63, 3.8) is 0 Å². The number of aromatic nitrogens is 2. The zero-order valence-electron chi connectivity index (χ0n) is 17.4. The standard InChI is InChI=1S/C23H18ClF3N4O2/c1-13-6-8-31(29-13)20-12-17(24)15(10-18(20)25)22(33)30-9-7-23(26,27)16(11-21(28)32)14-4-2-3-5-19(14)30/h2-6,8,10-12H,7,9H2,1H3,(H2,28,32)/b16-11-. The predicted octanol–water partition coefficient (Wildman–Crippen LogP) is 4.53. The summed E-state index contributed by atoms with van der Waals surface area (Å²) in [4.78, 5) is 25.9. The Morgan fingerprint density at radius 2 is 1.91 bits per heavy atom. The van der Waals surface area contributed by atoms with Gasteiger partial charge in [-0.25, -0.2) is 17.9 Å². The highest BCUT2D eigenvalue weighted by molar-refractivity contribution is 6.34. The van der Waals surface area contributed by atoms with Gasteiger partial charge in [0, 0.05) is 36.4 Å². The molecular formula is C23H18ClF3N4O2. The summed E-state index contributed by atoms with van der Waals surface area (Å²) in [6, 6.07) is 9.80. The summed E-state index contributed by atoms with van der Waals surface area (Å²) in [6.07, 6.45) is 1.45. The van der Waals surface area contributed by atoms with Crippen molar-refractivity contribution in [2.75, 3.05) is 11.4 Å². The zero-order chi connectivity index (χ0) is 23.9. The summed E-state index contributed by atoms with van der Waals surface area (Å²) < 4.78 is 45.9. The average Bonchev–Trinajstić information content (AvgIpc) is 3.15. The number of amides is 2. The third-order valence-electron chi connectivity index (χ3n) is 5.30. The lowest BCUT2D eigenvalue weighted by molar-refractivity contribution is -0.113. The smallest absolute Gasteiger partial charge is 0.275 e. The van der Waals surface area contributed by atoms with Crippen LogP contribution < -0.4 is 10.6 Å². The largest absolute Gasteiger partial charge is 0.366 e. The van der Waals surface area contributed by atoms with Gasteiger partial charge in [-0.15, -0.1) is 0 Å². The SMILES string of the molecule is Cc1ccn(-c2cc(Cl)c(C(=O)N3CCC(F)(F)/C(=C\C(N)=O)c4ccccc43)cc2F)n1. The van der Waals surface area contributed by atoms with Gasteiger partial charge in [0.15, 0.2) is 0 Å². The van der Waals surface area contributed by atoms with Crippen LogP contribution in [0.25, 0.3) is 11.3 Å². The minimum atomic E-state index is -3.42. The highest BCUT2D eigenvalue weighted by atomic mass is 35.5. The molecule has 6 nitrogen and oxygen atoms in total. The number of primary amides is 1. The van der Waals surface area contributed by atoms with Gasteiger partial charge in [0.25, 0.3) is 11.8 Å². The molecule has 2 N–H and O–H groups in total. The number of aryl methyl sites for hydroxylation is 1. The summed E-state index contributed by atoms with van der Waals surface area (Å²) in [5, 5.41) is 4.07. The third kappa shape index (κ3) is 4.23. The van der Waals surface area contributed by atoms with E-state index in [9.17, 15) is 22.8 Å². The molecule has 2 amide bonds. The molecule has 4 rings (SSSR count). The Hall–Kier alpha value is -3.59. The minimum absolute atomic E-state index is 0.0209. The molecule has 3 aromatic rings. The fraction of sp³-hybridized carbons (Fsp3) is 0.174. The van der Waals surface area contributed by atoms with Gasteiger partial charge in [-0.3, -0.25) is 9.59 Å². The Morgan fingerprint density at radius 1 is 1.18 bits per heavy atom. The van der Waals surface area contributed by atoms with Gasteiger partial charge in [0.2, 0.25) is 5.91 Å². The van der Waals surface area contributed by atoms with E-state index in [2.05, 4.69) is 5.10 Å². The number of halogens is 4. The molecule has 170 valence electrons. The Bertz CT molecular complexity index is 1300. The number of nitrogens with zero attached hydrogens (tertiary/aromatic N) is 3. The number of carbonyl (C=O) groups excluding carboxylic acids is 2. The van der Waals surface area contributed by atoms with Gasteiger partial charge in [0.1, 0.15) is 11.5 Å². The monoisotopic (exact) mass is 474 g/mol. The van der Waals surface area contributed by atoms with E-state index in [1.54, 1.807) is 25.3 Å². The molecule has 0 aliphatic carbocycles. The number of rotatable bonds is 3. The average molecular weight is 475 g/mol. The Balaban J connectivity index is 1.80. The van der Waals surface area contributed by atoms with E-state index in [1.807, 2.05) is 0 Å². The summed E-state index contributed by atoms with van der Waals surface area (Å²) >= 11 is 6.32. The van der Waals surface area contributed by atoms with E-state index in [0.717, 1.165) is 11.0 Å². The van der Waals surface area contributed by atoms with Gasteiger partial charge in [-0.05, 0) is 31.2 Å². The summed E-state index contributed by atoms with van der Waals surface area (Å²) in [7, 11) is 0. The Labute approximate surface area is 192 Å². The van der Waals surface area contributed by atoms with E-state index in [0.29, 0.717) is 11.8 Å². The maximum Gasteiger partial charge on any atom is 0.275 e. The van der Waals surface area contributed by atoms with E-state index in [-0.39, 0.29) is 27.5 Å². The van der Waals surface area contributed by atoms with Crippen LogP contribution in [0.15, 0.2) is 54.7 Å². The fourth-order valence-electron chi connectivity index (χ4n) is 3.75. The third-order valence-corrected chi connectivity index (χ3v) is 5.61. The molecule has 2 aromatic carbocycles. The van der Waals surface area contributed by atoms with Gasteiger partial charge < -0.3 is 10.6 Å². The van der Waals surface area contributed by atoms with Crippen LogP contribution in [0, 0.1) is 12.7 Å². The second-order valence-corrected chi connectivity index (χ2v) is 7.98. The number of benzene rings is 2. The topological polar surface area (TPSA) is 81.2 Å². The van der Waals surface area contributed by atoms with Crippen molar-refractivity contribution in [1.82, 2.24) is 9.78 Å². The number of para-hydroxylation sites is 1. The molecule has 0 fully saturated rings. The second-order valence-electron chi connectivity index (χ2n) is 7.57. The minimum Gasteiger partial charge on any atom is -0.366 e. The molecule has 0 saturated carbocycles. The lowest BCUT2D eigenvalue weighted by Gasteiger charge is -2.23. The van der Waals surface area contributed by atoms with Crippen molar-refractivity contribution in [3.8, 4) is 5.69 Å². The van der Waals surface area contributed by atoms with Crippen molar-refractivity contribution < 1.29 is 22.8 Å². The maximum atomic E-state index is 14.9. The van der Waals surface area contributed by atoms with Crippen molar-refractivity contribution >= 4 is 34.7 Å². The number of carbonyl (C=O) groups is 2. The highest BCUT2D eigenvalue weighted by Crippen LogP contribution is 2.43. The fourth-order valence-corrected chi connectivity index (χ4v) is 3.99. The number of anilines is 1. The van der Waals surface area contributed by atoms with Crippen molar-refractivity contribution in [1.29, 1.82) is 0 Å².